The molecule has 0 aliphatic rings. The van der Waals surface area contributed by atoms with Crippen molar-refractivity contribution in [3.8, 4) is 0 Å². The van der Waals surface area contributed by atoms with Gasteiger partial charge in [0.15, 0.2) is 0 Å². The third kappa shape index (κ3) is 8.82. The molecule has 0 heterocycles. The SMILES string of the molecule is [Bi].[Er].[O]=[W]. The normalized spacial score (nSPS) is 1.00. The van der Waals surface area contributed by atoms with E-state index in [2.05, 4.69) is 0 Å². The average Bonchev–Trinajstić information content (AvgIpc) is 1.00. The van der Waals surface area contributed by atoms with Gasteiger partial charge in [0.25, 0.3) is 0 Å². The van der Waals surface area contributed by atoms with Crippen LogP contribution in [0.15, 0.2) is 0 Å². The Kier molecular flexibility index (Phi) is 69.7. The van der Waals surface area contributed by atoms with E-state index < -0.39 is 0 Å². The summed E-state index contributed by atoms with van der Waals surface area (Å²) in [5.74, 6) is 0. The fourth-order valence-corrected chi connectivity index (χ4v) is 0. The van der Waals surface area contributed by atoms with Crippen LogP contribution in [-0.2, 0) is 23.2 Å². The summed E-state index contributed by atoms with van der Waals surface area (Å²) in [6, 6.07) is 0. The van der Waals surface area contributed by atoms with Crippen molar-refractivity contribution in [2.45, 2.75) is 0 Å². The zero-order valence-corrected chi connectivity index (χ0v) is 9.82. The maximum atomic E-state index is 8.33. The van der Waals surface area contributed by atoms with Crippen molar-refractivity contribution >= 4 is 26.2 Å². The van der Waals surface area contributed by atoms with Gasteiger partial charge in [-0.15, -0.1) is 0 Å². The van der Waals surface area contributed by atoms with E-state index in [1.54, 1.807) is 0 Å². The van der Waals surface area contributed by atoms with Crippen LogP contribution in [0.1, 0.15) is 0 Å². The van der Waals surface area contributed by atoms with Gasteiger partial charge in [0.1, 0.15) is 0 Å². The van der Waals surface area contributed by atoms with Crippen LogP contribution in [0.4, 0.5) is 0 Å². The topological polar surface area (TPSA) is 17.1 Å². The van der Waals surface area contributed by atoms with Gasteiger partial charge >= 0.3 is 23.2 Å². The Morgan fingerprint density at radius 2 is 1.25 bits per heavy atom. The van der Waals surface area contributed by atoms with Gasteiger partial charge in [-0.1, -0.05) is 0 Å². The summed E-state index contributed by atoms with van der Waals surface area (Å²) in [7, 11) is 0. The van der Waals surface area contributed by atoms with E-state index in [4.69, 9.17) is 3.40 Å². The first-order valence-electron chi connectivity index (χ1n) is 0.167. The van der Waals surface area contributed by atoms with Crippen molar-refractivity contribution in [3.05, 3.63) is 0 Å². The summed E-state index contributed by atoms with van der Waals surface area (Å²) >= 11 is 0.333. The summed E-state index contributed by atoms with van der Waals surface area (Å²) in [4.78, 5) is 0. The molecule has 0 spiro atoms. The minimum absolute atomic E-state index is 0. The summed E-state index contributed by atoms with van der Waals surface area (Å²) in [5, 5.41) is 0. The predicted octanol–water partition coefficient (Wildman–Crippen LogP) is -0.502. The number of rotatable bonds is 0. The van der Waals surface area contributed by atoms with Crippen molar-refractivity contribution in [2.75, 3.05) is 0 Å². The quantitative estimate of drug-likeness (QED) is 0.356. The van der Waals surface area contributed by atoms with E-state index in [0.29, 0.717) is 19.8 Å². The Morgan fingerprint density at radius 1 is 1.25 bits per heavy atom. The van der Waals surface area contributed by atoms with Crippen molar-refractivity contribution in [1.29, 1.82) is 0 Å². The molecular weight excluding hydrogens is 576 g/mol. The van der Waals surface area contributed by atoms with Gasteiger partial charge in [0, 0.05) is 63.5 Å². The average molecular weight is 576 g/mol. The molecule has 4 heteroatoms. The monoisotopic (exact) mass is 575 g/mol. The van der Waals surface area contributed by atoms with Crippen molar-refractivity contribution in [2.24, 2.45) is 0 Å². The van der Waals surface area contributed by atoms with Crippen LogP contribution in [0.25, 0.3) is 0 Å². The Morgan fingerprint density at radius 3 is 1.25 bits per heavy atom. The second-order valence-corrected chi connectivity index (χ2v) is 0. The molecule has 0 bridgehead atoms. The molecule has 3 radical (unpaired) electrons. The van der Waals surface area contributed by atoms with Crippen molar-refractivity contribution in [3.63, 3.8) is 0 Å². The van der Waals surface area contributed by atoms with Crippen LogP contribution < -0.4 is 0 Å². The Labute approximate surface area is 84.8 Å². The molecule has 4 heavy (non-hydrogen) atoms. The zero-order chi connectivity index (χ0) is 2.00. The molecule has 1 nitrogen and oxygen atoms in total. The van der Waals surface area contributed by atoms with Gasteiger partial charge < -0.3 is 0 Å². The molecule has 29 valence electrons. The Balaban J connectivity index is -0.00000000500. The van der Waals surface area contributed by atoms with Gasteiger partial charge in [-0.05, 0) is 0 Å². The molecule has 0 atom stereocenters. The van der Waals surface area contributed by atoms with E-state index in [0.717, 1.165) is 0 Å². The van der Waals surface area contributed by atoms with E-state index in [1.807, 2.05) is 0 Å². The first-order valence-corrected chi connectivity index (χ1v) is 1.36. The zero-order valence-electron chi connectivity index (χ0n) is 1.55. The number of hydrogen-bond acceptors (Lipinski definition) is 1. The predicted molar refractivity (Wildman–Crippen MR) is 6.44 cm³/mol. The fourth-order valence-electron chi connectivity index (χ4n) is 0. The van der Waals surface area contributed by atoms with Gasteiger partial charge in [-0.2, -0.15) is 0 Å². The third-order valence-corrected chi connectivity index (χ3v) is 0. The summed E-state index contributed by atoms with van der Waals surface area (Å²) in [5.41, 5.74) is 0. The van der Waals surface area contributed by atoms with E-state index in [9.17, 15) is 0 Å². The summed E-state index contributed by atoms with van der Waals surface area (Å²) in [6.07, 6.45) is 0. The maximum absolute atomic E-state index is 8.33. The third-order valence-electron chi connectivity index (χ3n) is 0. The van der Waals surface area contributed by atoms with E-state index >= 15 is 0 Å². The van der Waals surface area contributed by atoms with Crippen LogP contribution in [0, 0.1) is 37.3 Å². The molecule has 0 N–H and O–H groups in total. The first-order chi connectivity index (χ1) is 1.00. The van der Waals surface area contributed by atoms with Crippen LogP contribution in [0.2, 0.25) is 0 Å². The fraction of sp³-hybridized carbons (Fsp3) is 0. The standard InChI is InChI=1S/Bi.Er.O.W. The second kappa shape index (κ2) is 17.5. The van der Waals surface area contributed by atoms with Crippen LogP contribution in [0.5, 0.6) is 0 Å². The molecule has 0 aromatic heterocycles. The van der Waals surface area contributed by atoms with Gasteiger partial charge in [-0.25, -0.2) is 0 Å². The van der Waals surface area contributed by atoms with Gasteiger partial charge in [-0.3, -0.25) is 0 Å². The molecule has 0 amide bonds. The van der Waals surface area contributed by atoms with Crippen molar-refractivity contribution in [1.82, 2.24) is 0 Å². The molecule has 0 aliphatic carbocycles. The molecule has 0 unspecified atom stereocenters. The number of hydrogen-bond donors (Lipinski definition) is 0. The molecule has 0 fully saturated rings. The van der Waals surface area contributed by atoms with Crippen LogP contribution >= 0.6 is 0 Å². The second-order valence-electron chi connectivity index (χ2n) is 0. The molecule has 0 saturated heterocycles. The molecule has 0 aromatic carbocycles. The first kappa shape index (κ1) is 16.0. The van der Waals surface area contributed by atoms with Gasteiger partial charge in [0.05, 0.1) is 0 Å². The summed E-state index contributed by atoms with van der Waals surface area (Å²) < 4.78 is 8.33. The molecular formula is BiErOW. The Hall–Kier alpha value is 2.62. The molecule has 0 aromatic rings. The van der Waals surface area contributed by atoms with Crippen molar-refractivity contribution < 1.29 is 60.5 Å². The van der Waals surface area contributed by atoms with Gasteiger partial charge in [0.2, 0.25) is 0 Å². The Bertz CT molecular complexity index is 8.00. The van der Waals surface area contributed by atoms with E-state index in [-0.39, 0.29) is 63.5 Å². The van der Waals surface area contributed by atoms with E-state index in [1.165, 1.54) is 0 Å². The molecule has 0 aliphatic heterocycles. The molecule has 0 saturated carbocycles. The van der Waals surface area contributed by atoms with Crippen LogP contribution in [0.3, 0.4) is 0 Å². The molecule has 0 rings (SSSR count). The van der Waals surface area contributed by atoms with Crippen LogP contribution in [-0.4, -0.2) is 26.2 Å². The summed E-state index contributed by atoms with van der Waals surface area (Å²) in [6.45, 7) is 0. The minimum atomic E-state index is 0.